The smallest absolute Gasteiger partial charge is 0.136 e. The first-order chi connectivity index (χ1) is 26.8. The van der Waals surface area contributed by atoms with Gasteiger partial charge in [0.15, 0.2) is 0 Å². The number of fused-ring (bicyclic) bond motifs is 6. The Kier molecular flexibility index (Phi) is 5.02. The Hall–Kier alpha value is -6.44. The number of furan rings is 1. The summed E-state index contributed by atoms with van der Waals surface area (Å²) >= 11 is 0. The molecule has 0 saturated heterocycles. The average Bonchev–Trinajstić information content (AvgIpc) is 3.63. The van der Waals surface area contributed by atoms with Gasteiger partial charge in [0.25, 0.3) is 0 Å². The molecule has 0 fully saturated rings. The molecule has 0 N–H and O–H groups in total. The van der Waals surface area contributed by atoms with Crippen LogP contribution < -0.4 is 0 Å². The first-order valence-electron chi connectivity index (χ1n) is 19.4. The van der Waals surface area contributed by atoms with Crippen LogP contribution in [-0.4, -0.2) is 0 Å². The molecule has 0 saturated carbocycles. The van der Waals surface area contributed by atoms with Crippen LogP contribution >= 0.6 is 0 Å². The van der Waals surface area contributed by atoms with E-state index in [1.54, 1.807) is 12.1 Å². The fourth-order valence-electron chi connectivity index (χ4n) is 7.30. The summed E-state index contributed by atoms with van der Waals surface area (Å²) in [7, 11) is 0. The highest BCUT2D eigenvalue weighted by atomic mass is 16.3. The van der Waals surface area contributed by atoms with Crippen LogP contribution in [0.4, 0.5) is 0 Å². The molecule has 0 aliphatic heterocycles. The molecule has 1 heteroatoms. The molecule has 0 atom stereocenters. The van der Waals surface area contributed by atoms with Crippen LogP contribution in [0.2, 0.25) is 0 Å². The summed E-state index contributed by atoms with van der Waals surface area (Å²) in [5, 5.41) is 6.29. The highest BCUT2D eigenvalue weighted by Gasteiger charge is 2.20. The van der Waals surface area contributed by atoms with Crippen molar-refractivity contribution in [2.24, 2.45) is 0 Å². The molecule has 49 heavy (non-hydrogen) atoms. The standard InChI is InChI=1S/C48H30O/c1-3-12-31(13-4-1)33-22-23-35-29-37(25-24-34(35)28-33)46-38-16-7-9-18-40(38)47(41-19-10-8-17-39(41)46)43-20-11-21-44-48(43)42-27-26-36(30-45(42)49-44)32-14-5-2-6-15-32/h1-30H/i11D,20D,21D,26D,27D,30D. The molecule has 0 unspecified atom stereocenters. The van der Waals surface area contributed by atoms with Crippen molar-refractivity contribution < 1.29 is 12.6 Å². The van der Waals surface area contributed by atoms with E-state index in [0.717, 1.165) is 54.6 Å². The molecule has 10 aromatic rings. The largest absolute Gasteiger partial charge is 0.456 e. The maximum Gasteiger partial charge on any atom is 0.136 e. The van der Waals surface area contributed by atoms with E-state index in [4.69, 9.17) is 8.53 Å². The minimum absolute atomic E-state index is 0.0271. The van der Waals surface area contributed by atoms with Gasteiger partial charge in [-0.2, -0.15) is 0 Å². The third-order valence-corrected chi connectivity index (χ3v) is 9.55. The Labute approximate surface area is 292 Å². The highest BCUT2D eigenvalue weighted by Crippen LogP contribution is 2.47. The molecule has 10 rings (SSSR count). The van der Waals surface area contributed by atoms with Gasteiger partial charge < -0.3 is 4.42 Å². The van der Waals surface area contributed by atoms with Gasteiger partial charge in [0, 0.05) is 10.8 Å². The van der Waals surface area contributed by atoms with E-state index < -0.39 is 0 Å². The lowest BCUT2D eigenvalue weighted by molar-refractivity contribution is 0.669. The molecule has 0 aliphatic rings. The Morgan fingerprint density at radius 3 is 1.59 bits per heavy atom. The van der Waals surface area contributed by atoms with Crippen molar-refractivity contribution in [2.75, 3.05) is 0 Å². The van der Waals surface area contributed by atoms with Crippen LogP contribution in [-0.2, 0) is 0 Å². The molecule has 0 bridgehead atoms. The summed E-state index contributed by atoms with van der Waals surface area (Å²) < 4.78 is 61.4. The minimum Gasteiger partial charge on any atom is -0.456 e. The fourth-order valence-corrected chi connectivity index (χ4v) is 7.30. The van der Waals surface area contributed by atoms with E-state index in [0.29, 0.717) is 22.1 Å². The van der Waals surface area contributed by atoms with Gasteiger partial charge in [-0.1, -0.05) is 152 Å². The summed E-state index contributed by atoms with van der Waals surface area (Å²) in [6, 6.07) is 47.4. The normalized spacial score (nSPS) is 13.4. The first-order valence-corrected chi connectivity index (χ1v) is 16.4. The van der Waals surface area contributed by atoms with Crippen LogP contribution in [0.3, 0.4) is 0 Å². The molecule has 228 valence electrons. The van der Waals surface area contributed by atoms with Crippen molar-refractivity contribution >= 4 is 54.3 Å². The summed E-state index contributed by atoms with van der Waals surface area (Å²) in [6.45, 7) is 0. The predicted octanol–water partition coefficient (Wildman–Crippen LogP) is 13.7. The third-order valence-electron chi connectivity index (χ3n) is 9.55. The van der Waals surface area contributed by atoms with E-state index in [9.17, 15) is 4.11 Å². The van der Waals surface area contributed by atoms with Crippen LogP contribution in [0.15, 0.2) is 186 Å². The summed E-state index contributed by atoms with van der Waals surface area (Å²) in [4.78, 5) is 0. The second kappa shape index (κ2) is 11.1. The zero-order chi connectivity index (χ0) is 37.5. The minimum atomic E-state index is -0.310. The van der Waals surface area contributed by atoms with Gasteiger partial charge in [-0.05, 0) is 107 Å². The fraction of sp³-hybridized carbons (Fsp3) is 0. The van der Waals surface area contributed by atoms with E-state index in [1.165, 1.54) is 0 Å². The average molecular weight is 629 g/mol. The zero-order valence-corrected chi connectivity index (χ0v) is 26.3. The molecule has 1 nitrogen and oxygen atoms in total. The Morgan fingerprint density at radius 1 is 0.388 bits per heavy atom. The number of benzene rings is 9. The second-order valence-corrected chi connectivity index (χ2v) is 12.4. The topological polar surface area (TPSA) is 13.1 Å². The third kappa shape index (κ3) is 4.47. The van der Waals surface area contributed by atoms with Gasteiger partial charge in [0.2, 0.25) is 0 Å². The summed E-state index contributed by atoms with van der Waals surface area (Å²) in [6.07, 6.45) is 0. The quantitative estimate of drug-likeness (QED) is 0.177. The van der Waals surface area contributed by atoms with Crippen molar-refractivity contribution in [1.82, 2.24) is 0 Å². The molecule has 0 amide bonds. The summed E-state index contributed by atoms with van der Waals surface area (Å²) in [5.41, 5.74) is 6.36. The monoisotopic (exact) mass is 628 g/mol. The number of hydrogen-bond donors (Lipinski definition) is 0. The van der Waals surface area contributed by atoms with Crippen molar-refractivity contribution in [3.05, 3.63) is 182 Å². The second-order valence-electron chi connectivity index (χ2n) is 12.4. The maximum absolute atomic E-state index is 9.46. The lowest BCUT2D eigenvalue weighted by atomic mass is 9.84. The zero-order valence-electron chi connectivity index (χ0n) is 32.3. The Morgan fingerprint density at radius 2 is 0.939 bits per heavy atom. The molecule has 0 spiro atoms. The van der Waals surface area contributed by atoms with Gasteiger partial charge in [-0.25, -0.2) is 0 Å². The number of rotatable bonds is 4. The van der Waals surface area contributed by atoms with Crippen molar-refractivity contribution in [3.8, 4) is 44.5 Å². The summed E-state index contributed by atoms with van der Waals surface area (Å²) in [5.74, 6) is 0. The van der Waals surface area contributed by atoms with E-state index in [2.05, 4.69) is 60.7 Å². The van der Waals surface area contributed by atoms with Gasteiger partial charge in [-0.3, -0.25) is 0 Å². The Bertz CT molecular complexity index is 3150. The Balaban J connectivity index is 1.29. The van der Waals surface area contributed by atoms with Gasteiger partial charge in [0.05, 0.1) is 8.22 Å². The maximum atomic E-state index is 9.46. The molecular weight excluding hydrogens is 593 g/mol. The van der Waals surface area contributed by atoms with Gasteiger partial charge in [0.1, 0.15) is 11.2 Å². The van der Waals surface area contributed by atoms with E-state index in [1.807, 2.05) is 72.8 Å². The number of hydrogen-bond acceptors (Lipinski definition) is 1. The highest BCUT2D eigenvalue weighted by molar-refractivity contribution is 6.26. The van der Waals surface area contributed by atoms with Crippen molar-refractivity contribution in [1.29, 1.82) is 0 Å². The van der Waals surface area contributed by atoms with Crippen LogP contribution in [0.25, 0.3) is 98.8 Å². The predicted molar refractivity (Wildman–Crippen MR) is 208 cm³/mol. The molecule has 9 aromatic carbocycles. The molecule has 1 heterocycles. The molecular formula is C48H30O. The first kappa shape index (κ1) is 22.2. The molecule has 0 radical (unpaired) electrons. The lowest BCUT2D eigenvalue weighted by Gasteiger charge is -2.18. The van der Waals surface area contributed by atoms with Crippen LogP contribution in [0.5, 0.6) is 0 Å². The SMILES string of the molecule is [2H]c1c([2H])c(-c2c3ccccc3c(-c3ccc4cc(-c5ccccc5)ccc4c3)c3ccccc23)c2c(oc3c([2H])c(-c4ccccc4)c([2H])c([2H])c32)c1[2H]. The van der Waals surface area contributed by atoms with Crippen LogP contribution in [0, 0.1) is 0 Å². The van der Waals surface area contributed by atoms with E-state index in [-0.39, 0.29) is 58.4 Å². The van der Waals surface area contributed by atoms with Gasteiger partial charge >= 0.3 is 0 Å². The van der Waals surface area contributed by atoms with E-state index >= 15 is 0 Å². The lowest BCUT2D eigenvalue weighted by Crippen LogP contribution is -1.91. The molecule has 0 aliphatic carbocycles. The van der Waals surface area contributed by atoms with Crippen LogP contribution in [0.1, 0.15) is 8.22 Å². The molecule has 1 aromatic heterocycles. The van der Waals surface area contributed by atoms with Crippen molar-refractivity contribution in [3.63, 3.8) is 0 Å². The van der Waals surface area contributed by atoms with Crippen molar-refractivity contribution in [2.45, 2.75) is 0 Å². The van der Waals surface area contributed by atoms with Gasteiger partial charge in [-0.15, -0.1) is 0 Å².